The molecule has 0 saturated carbocycles. The maximum absolute atomic E-state index is 12.2. The first-order valence-corrected chi connectivity index (χ1v) is 6.99. The van der Waals surface area contributed by atoms with Gasteiger partial charge >= 0.3 is 6.36 Å². The van der Waals surface area contributed by atoms with E-state index < -0.39 is 12.4 Å². The summed E-state index contributed by atoms with van der Waals surface area (Å²) in [4.78, 5) is 0. The summed E-state index contributed by atoms with van der Waals surface area (Å²) < 4.78 is 41.3. The van der Waals surface area contributed by atoms with Crippen molar-refractivity contribution in [2.45, 2.75) is 12.4 Å². The van der Waals surface area contributed by atoms with E-state index in [2.05, 4.69) is 20.7 Å². The first-order chi connectivity index (χ1) is 9.76. The molecule has 0 aromatic heterocycles. The number of alkyl halides is 3. The van der Waals surface area contributed by atoms with E-state index in [1.165, 1.54) is 18.2 Å². The molecule has 21 heavy (non-hydrogen) atoms. The summed E-state index contributed by atoms with van der Waals surface area (Å²) in [6.07, 6.45) is -4.73. The van der Waals surface area contributed by atoms with Crippen molar-refractivity contribution in [3.05, 3.63) is 63.1 Å². The molecule has 2 N–H and O–H groups in total. The van der Waals surface area contributed by atoms with Crippen LogP contribution in [0.4, 0.5) is 13.2 Å². The van der Waals surface area contributed by atoms with E-state index >= 15 is 0 Å². The van der Waals surface area contributed by atoms with Gasteiger partial charge in [-0.3, -0.25) is 0 Å². The lowest BCUT2D eigenvalue weighted by atomic mass is 9.99. The molecule has 1 atom stereocenters. The molecule has 2 nitrogen and oxygen atoms in total. The van der Waals surface area contributed by atoms with Crippen LogP contribution in [-0.4, -0.2) is 6.36 Å². The van der Waals surface area contributed by atoms with Gasteiger partial charge in [0.1, 0.15) is 5.75 Å². The van der Waals surface area contributed by atoms with Crippen molar-refractivity contribution in [3.8, 4) is 5.75 Å². The normalized spacial score (nSPS) is 13.0. The van der Waals surface area contributed by atoms with Crippen LogP contribution in [0, 0.1) is 0 Å². The van der Waals surface area contributed by atoms with E-state index in [9.17, 15) is 13.2 Å². The third-order valence-electron chi connectivity index (χ3n) is 2.75. The molecule has 2 rings (SSSR count). The average Bonchev–Trinajstić information content (AvgIpc) is 2.36. The fourth-order valence-electron chi connectivity index (χ4n) is 1.84. The molecule has 0 aliphatic carbocycles. The summed E-state index contributed by atoms with van der Waals surface area (Å²) in [6.45, 7) is 0. The van der Waals surface area contributed by atoms with Gasteiger partial charge in [-0.2, -0.15) is 0 Å². The molecule has 1 unspecified atom stereocenters. The Bertz CT molecular complexity index is 648. The smallest absolute Gasteiger partial charge is 0.406 e. The largest absolute Gasteiger partial charge is 0.573 e. The highest BCUT2D eigenvalue weighted by Crippen LogP contribution is 2.31. The molecule has 0 heterocycles. The standard InChI is InChI=1S/C14H10BrClF3NO/c15-12-7-9(16)4-5-11(12)13(20)8-2-1-3-10(6-8)21-14(17,18)19/h1-7,13H,20H2. The van der Waals surface area contributed by atoms with E-state index in [4.69, 9.17) is 17.3 Å². The van der Waals surface area contributed by atoms with Gasteiger partial charge in [0.2, 0.25) is 0 Å². The minimum atomic E-state index is -4.73. The third-order valence-corrected chi connectivity index (χ3v) is 3.67. The Balaban J connectivity index is 2.31. The summed E-state index contributed by atoms with van der Waals surface area (Å²) >= 11 is 9.19. The van der Waals surface area contributed by atoms with E-state index in [0.717, 1.165) is 0 Å². The summed E-state index contributed by atoms with van der Waals surface area (Å²) in [5.41, 5.74) is 7.30. The molecule has 0 saturated heterocycles. The monoisotopic (exact) mass is 379 g/mol. The fourth-order valence-corrected chi connectivity index (χ4v) is 2.77. The highest BCUT2D eigenvalue weighted by atomic mass is 79.9. The van der Waals surface area contributed by atoms with E-state index in [1.54, 1.807) is 24.3 Å². The van der Waals surface area contributed by atoms with Gasteiger partial charge in [-0.25, -0.2) is 0 Å². The van der Waals surface area contributed by atoms with Gasteiger partial charge in [-0.15, -0.1) is 13.2 Å². The Morgan fingerprint density at radius 3 is 2.48 bits per heavy atom. The second kappa shape index (κ2) is 6.25. The first kappa shape index (κ1) is 16.1. The van der Waals surface area contributed by atoms with Crippen LogP contribution in [0.15, 0.2) is 46.9 Å². The predicted octanol–water partition coefficient (Wildman–Crippen LogP) is 5.05. The molecule has 7 heteroatoms. The molecule has 112 valence electrons. The van der Waals surface area contributed by atoms with Crippen LogP contribution < -0.4 is 10.5 Å². The SMILES string of the molecule is NC(c1cccc(OC(F)(F)F)c1)c1ccc(Cl)cc1Br. The Hall–Kier alpha value is -1.24. The number of hydrogen-bond acceptors (Lipinski definition) is 2. The van der Waals surface area contributed by atoms with Crippen LogP contribution in [0.2, 0.25) is 5.02 Å². The van der Waals surface area contributed by atoms with Crippen LogP contribution >= 0.6 is 27.5 Å². The molecule has 0 amide bonds. The lowest BCUT2D eigenvalue weighted by Gasteiger charge is -2.16. The van der Waals surface area contributed by atoms with Crippen LogP contribution in [0.25, 0.3) is 0 Å². The molecule has 0 spiro atoms. The van der Waals surface area contributed by atoms with Crippen LogP contribution in [0.5, 0.6) is 5.75 Å². The Kier molecular flexibility index (Phi) is 4.81. The zero-order valence-electron chi connectivity index (χ0n) is 10.5. The van der Waals surface area contributed by atoms with E-state index in [1.807, 2.05) is 0 Å². The van der Waals surface area contributed by atoms with E-state index in [0.29, 0.717) is 20.6 Å². The second-order valence-corrected chi connectivity index (χ2v) is 5.55. The zero-order chi connectivity index (χ0) is 15.6. The van der Waals surface area contributed by atoms with Gasteiger partial charge in [0.15, 0.2) is 0 Å². The molecule has 0 aliphatic rings. The maximum Gasteiger partial charge on any atom is 0.573 e. The van der Waals surface area contributed by atoms with Gasteiger partial charge in [-0.1, -0.05) is 45.7 Å². The molecule has 2 aromatic rings. The van der Waals surface area contributed by atoms with Crippen molar-refractivity contribution in [3.63, 3.8) is 0 Å². The summed E-state index contributed by atoms with van der Waals surface area (Å²) in [7, 11) is 0. The van der Waals surface area contributed by atoms with Gasteiger partial charge in [0.25, 0.3) is 0 Å². The average molecular weight is 381 g/mol. The summed E-state index contributed by atoms with van der Waals surface area (Å²) in [5.74, 6) is -0.305. The molecule has 0 radical (unpaired) electrons. The van der Waals surface area contributed by atoms with Gasteiger partial charge in [0.05, 0.1) is 6.04 Å². The minimum Gasteiger partial charge on any atom is -0.406 e. The summed E-state index contributed by atoms with van der Waals surface area (Å²) in [6, 6.07) is 10.0. The quantitative estimate of drug-likeness (QED) is 0.809. The molecular weight excluding hydrogens is 371 g/mol. The lowest BCUT2D eigenvalue weighted by Crippen LogP contribution is -2.18. The second-order valence-electron chi connectivity index (χ2n) is 4.26. The Morgan fingerprint density at radius 1 is 1.14 bits per heavy atom. The van der Waals surface area contributed by atoms with Crippen LogP contribution in [0.1, 0.15) is 17.2 Å². The van der Waals surface area contributed by atoms with E-state index in [-0.39, 0.29) is 5.75 Å². The third kappa shape index (κ3) is 4.36. The van der Waals surface area contributed by atoms with Gasteiger partial charge < -0.3 is 10.5 Å². The number of benzene rings is 2. The zero-order valence-corrected chi connectivity index (χ0v) is 12.8. The van der Waals surface area contributed by atoms with Crippen molar-refractivity contribution in [1.29, 1.82) is 0 Å². The predicted molar refractivity (Wildman–Crippen MR) is 78.3 cm³/mol. The van der Waals surface area contributed by atoms with Crippen LogP contribution in [-0.2, 0) is 0 Å². The number of hydrogen-bond donors (Lipinski definition) is 1. The Morgan fingerprint density at radius 2 is 1.86 bits per heavy atom. The maximum atomic E-state index is 12.2. The fraction of sp³-hybridized carbons (Fsp3) is 0.143. The van der Waals surface area contributed by atoms with Crippen molar-refractivity contribution >= 4 is 27.5 Å². The highest BCUT2D eigenvalue weighted by molar-refractivity contribution is 9.10. The van der Waals surface area contributed by atoms with Crippen molar-refractivity contribution in [1.82, 2.24) is 0 Å². The molecule has 2 aromatic carbocycles. The molecule has 0 bridgehead atoms. The topological polar surface area (TPSA) is 35.2 Å². The van der Waals surface area contributed by atoms with Crippen molar-refractivity contribution in [2.24, 2.45) is 5.73 Å². The number of rotatable bonds is 3. The molecule has 0 aliphatic heterocycles. The minimum absolute atomic E-state index is 0.305. The molecular formula is C14H10BrClF3NO. The lowest BCUT2D eigenvalue weighted by molar-refractivity contribution is -0.274. The molecule has 0 fully saturated rings. The van der Waals surface area contributed by atoms with Crippen molar-refractivity contribution in [2.75, 3.05) is 0 Å². The van der Waals surface area contributed by atoms with Crippen molar-refractivity contribution < 1.29 is 17.9 Å². The summed E-state index contributed by atoms with van der Waals surface area (Å²) in [5, 5.41) is 0.534. The number of halogens is 5. The first-order valence-electron chi connectivity index (χ1n) is 5.82. The van der Waals surface area contributed by atoms with Crippen LogP contribution in [0.3, 0.4) is 0 Å². The number of ether oxygens (including phenoxy) is 1. The van der Waals surface area contributed by atoms with Gasteiger partial charge in [-0.05, 0) is 35.4 Å². The van der Waals surface area contributed by atoms with Gasteiger partial charge in [0, 0.05) is 9.50 Å². The number of nitrogens with two attached hydrogens (primary N) is 1. The highest BCUT2D eigenvalue weighted by Gasteiger charge is 2.31. The Labute approximate surface area is 132 Å².